The number of fused-ring (bicyclic) bond motifs is 5. The molecule has 0 saturated carbocycles. The number of benzene rings is 2. The van der Waals surface area contributed by atoms with Gasteiger partial charge in [0.15, 0.2) is 0 Å². The summed E-state index contributed by atoms with van der Waals surface area (Å²) in [5.41, 5.74) is 6.32. The van der Waals surface area contributed by atoms with E-state index in [0.29, 0.717) is 5.92 Å². The van der Waals surface area contributed by atoms with E-state index in [1.807, 2.05) is 25.7 Å². The van der Waals surface area contributed by atoms with Crippen molar-refractivity contribution in [3.63, 3.8) is 0 Å². The van der Waals surface area contributed by atoms with E-state index in [4.69, 9.17) is 4.74 Å². The molecular formula is C27H34N2O2. The molecule has 2 aromatic carbocycles. The lowest BCUT2D eigenvalue weighted by molar-refractivity contribution is -0.00383. The Morgan fingerprint density at radius 3 is 2.58 bits per heavy atom. The third-order valence-corrected chi connectivity index (χ3v) is 7.08. The van der Waals surface area contributed by atoms with Crippen molar-refractivity contribution in [1.82, 2.24) is 4.90 Å². The number of nitrogens with zero attached hydrogens (tertiary/aromatic N) is 1. The van der Waals surface area contributed by atoms with Crippen LogP contribution in [0.5, 0.6) is 0 Å². The Labute approximate surface area is 186 Å². The maximum absolute atomic E-state index is 13.3. The molecule has 3 atom stereocenters. The Hall–Kier alpha value is -2.49. The molecule has 0 spiro atoms. The highest BCUT2D eigenvalue weighted by molar-refractivity contribution is 5.72. The number of rotatable bonds is 1. The van der Waals surface area contributed by atoms with E-state index in [1.165, 1.54) is 40.8 Å². The van der Waals surface area contributed by atoms with Crippen LogP contribution in [-0.4, -0.2) is 23.1 Å². The third-order valence-electron chi connectivity index (χ3n) is 7.08. The number of carbonyl (C=O) groups is 1. The molecule has 5 rings (SSSR count). The molecule has 164 valence electrons. The van der Waals surface area contributed by atoms with Gasteiger partial charge in [-0.25, -0.2) is 4.79 Å². The molecule has 3 aliphatic rings. The van der Waals surface area contributed by atoms with Gasteiger partial charge >= 0.3 is 6.09 Å². The predicted molar refractivity (Wildman–Crippen MR) is 124 cm³/mol. The fraction of sp³-hybridized carbons (Fsp3) is 0.519. The van der Waals surface area contributed by atoms with E-state index in [2.05, 4.69) is 47.8 Å². The highest BCUT2D eigenvalue weighted by Gasteiger charge is 2.46. The second-order valence-corrected chi connectivity index (χ2v) is 10.3. The zero-order valence-electron chi connectivity index (χ0n) is 19.0. The first-order valence-corrected chi connectivity index (χ1v) is 11.9. The first-order valence-electron chi connectivity index (χ1n) is 11.9. The number of anilines is 1. The van der Waals surface area contributed by atoms with Crippen LogP contribution < -0.4 is 5.32 Å². The quantitative estimate of drug-likeness (QED) is 0.581. The van der Waals surface area contributed by atoms with Gasteiger partial charge < -0.3 is 15.0 Å². The van der Waals surface area contributed by atoms with Crippen molar-refractivity contribution in [1.29, 1.82) is 0 Å². The van der Waals surface area contributed by atoms with Crippen molar-refractivity contribution >= 4 is 11.8 Å². The molecule has 31 heavy (non-hydrogen) atoms. The molecule has 4 nitrogen and oxygen atoms in total. The average Bonchev–Trinajstić information content (AvgIpc) is 2.77. The number of likely N-dealkylation sites (tertiary alicyclic amines) is 1. The van der Waals surface area contributed by atoms with E-state index in [9.17, 15) is 4.79 Å². The molecule has 1 amide bonds. The number of hydrogen-bond donors (Lipinski definition) is 1. The lowest BCUT2D eigenvalue weighted by atomic mass is 9.72. The second-order valence-electron chi connectivity index (χ2n) is 10.3. The maximum Gasteiger partial charge on any atom is 0.410 e. The topological polar surface area (TPSA) is 41.6 Å². The van der Waals surface area contributed by atoms with Gasteiger partial charge in [-0.3, -0.25) is 0 Å². The molecule has 2 heterocycles. The van der Waals surface area contributed by atoms with Crippen molar-refractivity contribution in [2.45, 2.75) is 77.0 Å². The van der Waals surface area contributed by atoms with Gasteiger partial charge in [0, 0.05) is 18.2 Å². The normalized spacial score (nSPS) is 25.0. The predicted octanol–water partition coefficient (Wildman–Crippen LogP) is 6.42. The van der Waals surface area contributed by atoms with Crippen LogP contribution in [0.25, 0.3) is 0 Å². The molecular weight excluding hydrogens is 384 g/mol. The van der Waals surface area contributed by atoms with Gasteiger partial charge in [0.25, 0.3) is 0 Å². The van der Waals surface area contributed by atoms with Crippen LogP contribution in [0.15, 0.2) is 42.5 Å². The summed E-state index contributed by atoms with van der Waals surface area (Å²) in [4.78, 5) is 15.3. The summed E-state index contributed by atoms with van der Waals surface area (Å²) in [7, 11) is 0. The minimum atomic E-state index is -0.492. The summed E-state index contributed by atoms with van der Waals surface area (Å²) in [6.07, 6.45) is 6.72. The van der Waals surface area contributed by atoms with Crippen molar-refractivity contribution in [3.8, 4) is 0 Å². The number of carbonyl (C=O) groups excluding carboxylic acids is 1. The molecule has 1 saturated heterocycles. The Balaban J connectivity index is 1.62. The highest BCUT2D eigenvalue weighted by Crippen LogP contribution is 2.52. The second kappa shape index (κ2) is 7.89. The number of nitrogens with one attached hydrogen (secondary N) is 1. The van der Waals surface area contributed by atoms with Crippen molar-refractivity contribution < 1.29 is 9.53 Å². The van der Waals surface area contributed by atoms with Gasteiger partial charge in [-0.05, 0) is 81.5 Å². The van der Waals surface area contributed by atoms with E-state index in [0.717, 1.165) is 32.2 Å². The summed E-state index contributed by atoms with van der Waals surface area (Å²) in [6, 6.07) is 15.6. The molecule has 0 aromatic heterocycles. The van der Waals surface area contributed by atoms with E-state index >= 15 is 0 Å². The van der Waals surface area contributed by atoms with Gasteiger partial charge in [-0.15, -0.1) is 0 Å². The van der Waals surface area contributed by atoms with Crippen molar-refractivity contribution in [2.75, 3.05) is 11.9 Å². The SMILES string of the molecule is CC(C)(C)OC(=O)N1CCC[C@@H]2[C@H](c3ccccc3)Nc3c(ccc4c3CCCC4)[C@@H]21. The van der Waals surface area contributed by atoms with Crippen LogP contribution in [0.3, 0.4) is 0 Å². The van der Waals surface area contributed by atoms with Gasteiger partial charge in [0.1, 0.15) is 5.60 Å². The number of hydrogen-bond acceptors (Lipinski definition) is 3. The van der Waals surface area contributed by atoms with Crippen LogP contribution in [0.2, 0.25) is 0 Å². The molecule has 0 radical (unpaired) electrons. The molecule has 1 aliphatic carbocycles. The lowest BCUT2D eigenvalue weighted by Gasteiger charge is -2.49. The first kappa shape index (κ1) is 20.4. The first-order chi connectivity index (χ1) is 14.9. The van der Waals surface area contributed by atoms with E-state index in [1.54, 1.807) is 0 Å². The van der Waals surface area contributed by atoms with Gasteiger partial charge in [0.05, 0.1) is 12.1 Å². The average molecular weight is 419 g/mol. The van der Waals surface area contributed by atoms with Crippen LogP contribution in [-0.2, 0) is 17.6 Å². The van der Waals surface area contributed by atoms with Crippen molar-refractivity contribution in [3.05, 3.63) is 64.7 Å². The van der Waals surface area contributed by atoms with Crippen LogP contribution >= 0.6 is 0 Å². The highest BCUT2D eigenvalue weighted by atomic mass is 16.6. The van der Waals surface area contributed by atoms with Gasteiger partial charge in [-0.1, -0.05) is 42.5 Å². The Morgan fingerprint density at radius 1 is 1.03 bits per heavy atom. The smallest absolute Gasteiger partial charge is 0.410 e. The zero-order valence-corrected chi connectivity index (χ0v) is 19.0. The number of amides is 1. The molecule has 1 fully saturated rings. The van der Waals surface area contributed by atoms with E-state index < -0.39 is 5.60 Å². The Kier molecular flexibility index (Phi) is 5.19. The van der Waals surface area contributed by atoms with Crippen molar-refractivity contribution in [2.24, 2.45) is 5.92 Å². The van der Waals surface area contributed by atoms with Gasteiger partial charge in [-0.2, -0.15) is 0 Å². The Bertz CT molecular complexity index is 963. The number of aryl methyl sites for hydroxylation is 1. The standard InChI is InChI=1S/C27H34N2O2/c1-27(2,3)31-26(30)29-17-9-14-21-23(19-11-5-4-6-12-19)28-24-20-13-8-7-10-18(20)15-16-22(24)25(21)29/h4-6,11-12,15-16,21,23,25,28H,7-10,13-14,17H2,1-3H3/t21-,23+,25-/m1/s1. The molecule has 2 aliphatic heterocycles. The minimum absolute atomic E-state index is 0.0530. The molecule has 0 bridgehead atoms. The van der Waals surface area contributed by atoms with Crippen LogP contribution in [0.1, 0.15) is 80.8 Å². The Morgan fingerprint density at radius 2 is 1.81 bits per heavy atom. The third kappa shape index (κ3) is 3.81. The van der Waals surface area contributed by atoms with Crippen LogP contribution in [0.4, 0.5) is 10.5 Å². The summed E-state index contributed by atoms with van der Waals surface area (Å²) in [5.74, 6) is 0.331. The van der Waals surface area contributed by atoms with Gasteiger partial charge in [0.2, 0.25) is 0 Å². The zero-order chi connectivity index (χ0) is 21.6. The molecule has 2 aromatic rings. The number of ether oxygens (including phenoxy) is 1. The number of piperidine rings is 1. The fourth-order valence-corrected chi connectivity index (χ4v) is 5.81. The summed E-state index contributed by atoms with van der Waals surface area (Å²) >= 11 is 0. The molecule has 4 heteroatoms. The molecule has 0 unspecified atom stereocenters. The minimum Gasteiger partial charge on any atom is -0.444 e. The van der Waals surface area contributed by atoms with Crippen LogP contribution in [0, 0.1) is 5.92 Å². The lowest BCUT2D eigenvalue weighted by Crippen LogP contribution is -2.49. The largest absolute Gasteiger partial charge is 0.444 e. The van der Waals surface area contributed by atoms with E-state index in [-0.39, 0.29) is 18.2 Å². The molecule has 1 N–H and O–H groups in total. The maximum atomic E-state index is 13.3. The summed E-state index contributed by atoms with van der Waals surface area (Å²) in [6.45, 7) is 6.61. The monoisotopic (exact) mass is 418 g/mol. The fourth-order valence-electron chi connectivity index (χ4n) is 5.81. The summed E-state index contributed by atoms with van der Waals surface area (Å²) < 4.78 is 5.86. The summed E-state index contributed by atoms with van der Waals surface area (Å²) in [5, 5.41) is 3.97.